The molecule has 0 amide bonds. The fourth-order valence-corrected chi connectivity index (χ4v) is 0.852. The molecule has 0 aliphatic rings. The maximum absolute atomic E-state index is 11.3. The molecule has 0 aromatic rings. The Bertz CT molecular complexity index is 360. The van der Waals surface area contributed by atoms with Gasteiger partial charge in [0, 0.05) is 0 Å². The number of carbonyl (C=O) groups is 2. The Kier molecular flexibility index (Phi) is 6.43. The lowest BCUT2D eigenvalue weighted by Gasteiger charge is -2.18. The Labute approximate surface area is 101 Å². The highest BCUT2D eigenvalue weighted by Gasteiger charge is 2.20. The van der Waals surface area contributed by atoms with Crippen LogP contribution >= 0.6 is 0 Å². The second-order valence-electron chi connectivity index (χ2n) is 3.76. The highest BCUT2D eigenvalue weighted by molar-refractivity contribution is 5.78. The number of rotatable bonds is 6. The highest BCUT2D eigenvalue weighted by Crippen LogP contribution is 2.09. The number of nitrogens with zero attached hydrogens (tertiary/aromatic N) is 1. The summed E-state index contributed by atoms with van der Waals surface area (Å²) in [5.41, 5.74) is -0.970. The molecule has 0 aliphatic heterocycles. The van der Waals surface area contributed by atoms with Crippen LogP contribution in [0.25, 0.3) is 0 Å². The molecule has 0 aromatic heterocycles. The minimum atomic E-state index is -0.970. The van der Waals surface area contributed by atoms with Crippen molar-refractivity contribution in [2.45, 2.75) is 38.7 Å². The third kappa shape index (κ3) is 7.87. The van der Waals surface area contributed by atoms with Crippen LogP contribution in [0, 0.1) is 23.7 Å². The summed E-state index contributed by atoms with van der Waals surface area (Å²) in [5, 5.41) is 8.22. The molecular formula is C12H15NO4. The molecule has 5 heteroatoms. The maximum Gasteiger partial charge on any atom is 0.307 e. The molecule has 0 atom stereocenters. The molecule has 5 nitrogen and oxygen atoms in total. The normalized spacial score (nSPS) is 9.88. The second-order valence-corrected chi connectivity index (χ2v) is 3.76. The summed E-state index contributed by atoms with van der Waals surface area (Å²) in [4.78, 5) is 22.4. The largest absolute Gasteiger partial charge is 0.465 e. The van der Waals surface area contributed by atoms with Gasteiger partial charge >= 0.3 is 11.9 Å². The molecule has 0 aromatic carbocycles. The van der Waals surface area contributed by atoms with E-state index in [-0.39, 0.29) is 25.9 Å². The maximum atomic E-state index is 11.3. The number of carbonyl (C=O) groups excluding carboxylic acids is 2. The van der Waals surface area contributed by atoms with Crippen molar-refractivity contribution >= 4 is 11.9 Å². The third-order valence-electron chi connectivity index (χ3n) is 1.73. The predicted molar refractivity (Wildman–Crippen MR) is 59.4 cm³/mol. The van der Waals surface area contributed by atoms with Gasteiger partial charge in [-0.1, -0.05) is 5.92 Å². The second kappa shape index (κ2) is 7.29. The molecule has 0 fully saturated rings. The van der Waals surface area contributed by atoms with E-state index in [0.717, 1.165) is 0 Å². The number of esters is 2. The van der Waals surface area contributed by atoms with Crippen molar-refractivity contribution in [1.82, 2.24) is 0 Å². The van der Waals surface area contributed by atoms with Crippen LogP contribution in [0.15, 0.2) is 0 Å². The summed E-state index contributed by atoms with van der Waals surface area (Å²) >= 11 is 0. The molecule has 0 spiro atoms. The fraction of sp³-hybridized carbons (Fsp3) is 0.583. The van der Waals surface area contributed by atoms with Crippen molar-refractivity contribution < 1.29 is 19.1 Å². The minimum Gasteiger partial charge on any atom is -0.465 e. The topological polar surface area (TPSA) is 76.4 Å². The van der Waals surface area contributed by atoms with E-state index >= 15 is 0 Å². The number of hydrogen-bond acceptors (Lipinski definition) is 5. The Morgan fingerprint density at radius 2 is 1.88 bits per heavy atom. The summed E-state index contributed by atoms with van der Waals surface area (Å²) in [7, 11) is 0. The molecule has 0 rings (SSSR count). The van der Waals surface area contributed by atoms with E-state index in [0.29, 0.717) is 0 Å². The monoisotopic (exact) mass is 237 g/mol. The van der Waals surface area contributed by atoms with Crippen LogP contribution < -0.4 is 0 Å². The molecule has 0 N–H and O–H groups in total. The summed E-state index contributed by atoms with van der Waals surface area (Å²) < 4.78 is 9.61. The van der Waals surface area contributed by atoms with Crippen LogP contribution in [0.1, 0.15) is 33.1 Å². The third-order valence-corrected chi connectivity index (χ3v) is 1.73. The Morgan fingerprint density at radius 1 is 1.29 bits per heavy atom. The lowest BCUT2D eigenvalue weighted by molar-refractivity contribution is -0.155. The smallest absolute Gasteiger partial charge is 0.307 e. The van der Waals surface area contributed by atoms with Crippen molar-refractivity contribution in [2.75, 3.05) is 6.61 Å². The summed E-state index contributed by atoms with van der Waals surface area (Å²) in [5.74, 6) is 1.22. The number of terminal acetylenes is 1. The minimum absolute atomic E-state index is 0.0419. The molecule has 92 valence electrons. The molecule has 0 bridgehead atoms. The predicted octanol–water partition coefficient (Wildman–Crippen LogP) is 1.18. The van der Waals surface area contributed by atoms with Crippen LogP contribution in [0.3, 0.4) is 0 Å². The molecule has 0 aliphatic carbocycles. The molecule has 0 saturated heterocycles. The Hall–Kier alpha value is -2.01. The summed E-state index contributed by atoms with van der Waals surface area (Å²) in [6.45, 7) is 3.20. The Balaban J connectivity index is 3.83. The molecule has 0 heterocycles. The van der Waals surface area contributed by atoms with Crippen LogP contribution in [0.4, 0.5) is 0 Å². The molecule has 0 radical (unpaired) electrons. The number of nitriles is 1. The van der Waals surface area contributed by atoms with Crippen molar-refractivity contribution in [2.24, 2.45) is 0 Å². The van der Waals surface area contributed by atoms with Gasteiger partial charge in [0.2, 0.25) is 0 Å². The van der Waals surface area contributed by atoms with Crippen LogP contribution in [0.5, 0.6) is 0 Å². The number of hydrogen-bond donors (Lipinski definition) is 0. The summed E-state index contributed by atoms with van der Waals surface area (Å²) in [6.07, 6.45) is 5.12. The number of ether oxygens (including phenoxy) is 2. The zero-order valence-electron chi connectivity index (χ0n) is 9.99. The van der Waals surface area contributed by atoms with Crippen LogP contribution in [0.2, 0.25) is 0 Å². The summed E-state index contributed by atoms with van der Waals surface area (Å²) in [6, 6.07) is 1.84. The van der Waals surface area contributed by atoms with Gasteiger partial charge in [0.1, 0.15) is 6.61 Å². The van der Waals surface area contributed by atoms with Gasteiger partial charge in [-0.15, -0.1) is 6.42 Å². The molecule has 0 unspecified atom stereocenters. The van der Waals surface area contributed by atoms with Crippen molar-refractivity contribution in [1.29, 1.82) is 5.26 Å². The van der Waals surface area contributed by atoms with E-state index in [1.54, 1.807) is 13.8 Å². The zero-order valence-corrected chi connectivity index (χ0v) is 9.99. The van der Waals surface area contributed by atoms with E-state index in [4.69, 9.17) is 16.4 Å². The van der Waals surface area contributed by atoms with Crippen molar-refractivity contribution in [3.63, 3.8) is 0 Å². The average molecular weight is 237 g/mol. The lowest BCUT2D eigenvalue weighted by Crippen LogP contribution is -2.26. The van der Waals surface area contributed by atoms with E-state index in [9.17, 15) is 9.59 Å². The quantitative estimate of drug-likeness (QED) is 0.394. The van der Waals surface area contributed by atoms with Gasteiger partial charge in [-0.2, -0.15) is 5.26 Å². The van der Waals surface area contributed by atoms with Crippen LogP contribution in [-0.2, 0) is 19.1 Å². The Morgan fingerprint density at radius 3 is 2.41 bits per heavy atom. The van der Waals surface area contributed by atoms with E-state index in [1.165, 1.54) is 0 Å². The van der Waals surface area contributed by atoms with Gasteiger partial charge in [-0.25, -0.2) is 0 Å². The zero-order chi connectivity index (χ0) is 13.3. The first kappa shape index (κ1) is 15.0. The van der Waals surface area contributed by atoms with E-state index in [2.05, 4.69) is 10.7 Å². The van der Waals surface area contributed by atoms with Crippen molar-refractivity contribution in [3.8, 4) is 18.4 Å². The van der Waals surface area contributed by atoms with Crippen molar-refractivity contribution in [3.05, 3.63) is 0 Å². The first-order valence-electron chi connectivity index (χ1n) is 5.13. The van der Waals surface area contributed by atoms with Crippen LogP contribution in [-0.4, -0.2) is 24.1 Å². The molecule has 0 saturated carbocycles. The standard InChI is InChI=1S/C12H15NO4/c1-4-12(2,3)17-11(15)7-6-10(14)16-9-5-8-13/h1H,5-7,9H2,2-3H3. The first-order valence-corrected chi connectivity index (χ1v) is 5.13. The average Bonchev–Trinajstić information content (AvgIpc) is 2.26. The van der Waals surface area contributed by atoms with Gasteiger partial charge < -0.3 is 9.47 Å². The van der Waals surface area contributed by atoms with E-state index < -0.39 is 17.5 Å². The van der Waals surface area contributed by atoms with Gasteiger partial charge in [0.05, 0.1) is 25.3 Å². The van der Waals surface area contributed by atoms with Gasteiger partial charge in [0.15, 0.2) is 5.60 Å². The SMILES string of the molecule is C#CC(C)(C)OC(=O)CCC(=O)OCCC#N. The molecule has 17 heavy (non-hydrogen) atoms. The van der Waals surface area contributed by atoms with Gasteiger partial charge in [-0.3, -0.25) is 9.59 Å². The first-order chi connectivity index (χ1) is 7.91. The fourth-order valence-electron chi connectivity index (χ4n) is 0.852. The van der Waals surface area contributed by atoms with Gasteiger partial charge in [0.25, 0.3) is 0 Å². The van der Waals surface area contributed by atoms with E-state index in [1.807, 2.05) is 6.07 Å². The molecular weight excluding hydrogens is 222 g/mol. The lowest BCUT2D eigenvalue weighted by atomic mass is 10.1. The highest BCUT2D eigenvalue weighted by atomic mass is 16.6. The van der Waals surface area contributed by atoms with Gasteiger partial charge in [-0.05, 0) is 13.8 Å².